The quantitative estimate of drug-likeness (QED) is 0.300. The van der Waals surface area contributed by atoms with Crippen molar-refractivity contribution in [1.29, 1.82) is 0 Å². The van der Waals surface area contributed by atoms with Gasteiger partial charge in [0.15, 0.2) is 0 Å². The zero-order valence-corrected chi connectivity index (χ0v) is 20.4. The van der Waals surface area contributed by atoms with E-state index < -0.39 is 0 Å². The van der Waals surface area contributed by atoms with Gasteiger partial charge in [-0.25, -0.2) is 4.79 Å². The van der Waals surface area contributed by atoms with E-state index in [0.29, 0.717) is 12.5 Å². The van der Waals surface area contributed by atoms with Crippen LogP contribution in [-0.2, 0) is 13.0 Å². The van der Waals surface area contributed by atoms with Gasteiger partial charge in [0.2, 0.25) is 0 Å². The molecule has 0 bridgehead atoms. The summed E-state index contributed by atoms with van der Waals surface area (Å²) in [5, 5.41) is 3.05. The number of nitrogens with one attached hydrogen (secondary N) is 1. The van der Waals surface area contributed by atoms with Gasteiger partial charge < -0.3 is 10.2 Å². The topological polar surface area (TPSA) is 32.3 Å². The molecular weight excluding hydrogens is 404 g/mol. The Morgan fingerprint density at radius 1 is 0.848 bits per heavy atom. The highest BCUT2D eigenvalue weighted by Crippen LogP contribution is 2.22. The minimum atomic E-state index is -0.0329. The number of urea groups is 1. The molecule has 1 atom stereocenters. The Morgan fingerprint density at radius 3 is 2.18 bits per heavy atom. The van der Waals surface area contributed by atoms with Crippen LogP contribution in [0.1, 0.15) is 67.7 Å². The molecule has 3 aromatic carbocycles. The molecule has 3 aromatic rings. The number of benzene rings is 3. The predicted molar refractivity (Wildman–Crippen MR) is 140 cm³/mol. The van der Waals surface area contributed by atoms with E-state index in [1.807, 2.05) is 35.2 Å². The molecule has 174 valence electrons. The summed E-state index contributed by atoms with van der Waals surface area (Å²) in [6.07, 6.45) is 5.62. The fourth-order valence-corrected chi connectivity index (χ4v) is 4.07. The smallest absolute Gasteiger partial charge is 0.320 e. The Kier molecular flexibility index (Phi) is 9.56. The van der Waals surface area contributed by atoms with Gasteiger partial charge in [-0.15, -0.1) is 0 Å². The minimum Gasteiger partial charge on any atom is -0.320 e. The molecule has 0 saturated carbocycles. The van der Waals surface area contributed by atoms with E-state index in [-0.39, 0.29) is 6.03 Å². The highest BCUT2D eigenvalue weighted by molar-refractivity contribution is 5.89. The first-order valence-corrected chi connectivity index (χ1v) is 12.3. The third kappa shape index (κ3) is 8.09. The average molecular weight is 443 g/mol. The number of aryl methyl sites for hydroxylation is 1. The Labute approximate surface area is 199 Å². The lowest BCUT2D eigenvalue weighted by Gasteiger charge is -2.24. The Hall–Kier alpha value is -3.07. The van der Waals surface area contributed by atoms with Gasteiger partial charge in [0.05, 0.1) is 0 Å². The maximum atomic E-state index is 13.0. The van der Waals surface area contributed by atoms with Crippen molar-refractivity contribution in [3.8, 4) is 0 Å². The molecule has 0 aliphatic heterocycles. The van der Waals surface area contributed by atoms with Crippen molar-refractivity contribution in [1.82, 2.24) is 4.90 Å². The number of carbonyl (C=O) groups is 1. The molecule has 1 unspecified atom stereocenters. The summed E-state index contributed by atoms with van der Waals surface area (Å²) in [4.78, 5) is 14.9. The Balaban J connectivity index is 1.62. The van der Waals surface area contributed by atoms with E-state index in [2.05, 4.69) is 74.6 Å². The first-order valence-electron chi connectivity index (χ1n) is 12.3. The number of rotatable bonds is 11. The molecule has 0 radical (unpaired) electrons. The number of unbranched alkanes of at least 4 members (excludes halogenated alkanes) is 3. The van der Waals surface area contributed by atoms with Gasteiger partial charge in [-0.05, 0) is 54.5 Å². The van der Waals surface area contributed by atoms with Crippen molar-refractivity contribution >= 4 is 11.7 Å². The molecular formula is C30H38N2O. The minimum absolute atomic E-state index is 0.0329. The molecule has 2 amide bonds. The van der Waals surface area contributed by atoms with Crippen LogP contribution in [0.25, 0.3) is 0 Å². The molecule has 0 aromatic heterocycles. The van der Waals surface area contributed by atoms with Gasteiger partial charge in [-0.1, -0.05) is 105 Å². The van der Waals surface area contributed by atoms with Crippen LogP contribution in [0.4, 0.5) is 10.5 Å². The first kappa shape index (κ1) is 24.6. The number of amides is 2. The lowest BCUT2D eigenvalue weighted by atomic mass is 9.93. The summed E-state index contributed by atoms with van der Waals surface area (Å²) >= 11 is 0. The second-order valence-corrected chi connectivity index (χ2v) is 9.11. The molecule has 0 fully saturated rings. The predicted octanol–water partition coefficient (Wildman–Crippen LogP) is 7.96. The zero-order valence-electron chi connectivity index (χ0n) is 20.4. The highest BCUT2D eigenvalue weighted by Gasteiger charge is 2.15. The zero-order chi connectivity index (χ0) is 23.5. The van der Waals surface area contributed by atoms with Gasteiger partial charge in [0.1, 0.15) is 0 Å². The largest absolute Gasteiger partial charge is 0.322 e. The van der Waals surface area contributed by atoms with Crippen LogP contribution in [0, 0.1) is 6.92 Å². The standard InChI is InChI=1S/C30H38N2O/c1-4-5-6-10-21-32(30(33)31-29-11-8-7-9-12-29)23-27-17-19-28(20-18-27)25(3)22-26-15-13-24(2)14-16-26/h7-9,11-20,25H,4-6,10,21-23H2,1-3H3,(H,31,33). The lowest BCUT2D eigenvalue weighted by molar-refractivity contribution is 0.207. The van der Waals surface area contributed by atoms with Gasteiger partial charge in [-0.3, -0.25) is 0 Å². The number of hydrogen-bond donors (Lipinski definition) is 1. The van der Waals surface area contributed by atoms with Crippen molar-refractivity contribution in [2.75, 3.05) is 11.9 Å². The Bertz CT molecular complexity index is 964. The van der Waals surface area contributed by atoms with E-state index in [1.54, 1.807) is 0 Å². The normalized spacial score (nSPS) is 11.7. The third-order valence-electron chi connectivity index (χ3n) is 6.18. The number of anilines is 1. The molecule has 0 aliphatic carbocycles. The van der Waals surface area contributed by atoms with Crippen LogP contribution in [0.5, 0.6) is 0 Å². The molecule has 0 heterocycles. The number of carbonyl (C=O) groups excluding carboxylic acids is 1. The summed E-state index contributed by atoms with van der Waals surface area (Å²) in [5.74, 6) is 0.452. The van der Waals surface area contributed by atoms with Gasteiger partial charge in [0.25, 0.3) is 0 Å². The fourth-order valence-electron chi connectivity index (χ4n) is 4.07. The number of nitrogens with zero attached hydrogens (tertiary/aromatic N) is 1. The molecule has 1 N–H and O–H groups in total. The van der Waals surface area contributed by atoms with Crippen LogP contribution in [0.3, 0.4) is 0 Å². The molecule has 0 aliphatic rings. The van der Waals surface area contributed by atoms with Crippen LogP contribution >= 0.6 is 0 Å². The van der Waals surface area contributed by atoms with Gasteiger partial charge in [-0.2, -0.15) is 0 Å². The second-order valence-electron chi connectivity index (χ2n) is 9.11. The molecule has 3 heteroatoms. The van der Waals surface area contributed by atoms with Gasteiger partial charge in [0, 0.05) is 18.8 Å². The maximum Gasteiger partial charge on any atom is 0.322 e. The summed E-state index contributed by atoms with van der Waals surface area (Å²) in [7, 11) is 0. The van der Waals surface area contributed by atoms with E-state index in [4.69, 9.17) is 0 Å². The number of para-hydroxylation sites is 1. The summed E-state index contributed by atoms with van der Waals surface area (Å²) in [6.45, 7) is 8.00. The van der Waals surface area contributed by atoms with Crippen LogP contribution in [0.2, 0.25) is 0 Å². The van der Waals surface area contributed by atoms with E-state index in [9.17, 15) is 4.79 Å². The van der Waals surface area contributed by atoms with Crippen molar-refractivity contribution in [2.45, 2.75) is 65.3 Å². The van der Waals surface area contributed by atoms with Crippen molar-refractivity contribution in [3.05, 3.63) is 101 Å². The molecule has 3 rings (SSSR count). The fraction of sp³-hybridized carbons (Fsp3) is 0.367. The van der Waals surface area contributed by atoms with E-state index in [0.717, 1.165) is 31.5 Å². The van der Waals surface area contributed by atoms with Crippen LogP contribution < -0.4 is 5.32 Å². The second kappa shape index (κ2) is 12.8. The molecule has 3 nitrogen and oxygen atoms in total. The van der Waals surface area contributed by atoms with E-state index >= 15 is 0 Å². The molecule has 0 saturated heterocycles. The van der Waals surface area contributed by atoms with Crippen LogP contribution in [0.15, 0.2) is 78.9 Å². The Morgan fingerprint density at radius 2 is 1.52 bits per heavy atom. The van der Waals surface area contributed by atoms with Crippen molar-refractivity contribution in [3.63, 3.8) is 0 Å². The van der Waals surface area contributed by atoms with Crippen LogP contribution in [-0.4, -0.2) is 17.5 Å². The van der Waals surface area contributed by atoms with Gasteiger partial charge >= 0.3 is 6.03 Å². The van der Waals surface area contributed by atoms with E-state index in [1.165, 1.54) is 35.1 Å². The average Bonchev–Trinajstić information content (AvgIpc) is 2.83. The molecule has 0 spiro atoms. The first-order chi connectivity index (χ1) is 16.0. The van der Waals surface area contributed by atoms with Crippen molar-refractivity contribution in [2.24, 2.45) is 0 Å². The summed E-state index contributed by atoms with van der Waals surface area (Å²) in [6, 6.07) is 27.3. The summed E-state index contributed by atoms with van der Waals surface area (Å²) < 4.78 is 0. The SMILES string of the molecule is CCCCCCN(Cc1ccc(C(C)Cc2ccc(C)cc2)cc1)C(=O)Nc1ccccc1. The molecule has 33 heavy (non-hydrogen) atoms. The lowest BCUT2D eigenvalue weighted by Crippen LogP contribution is -2.35. The summed E-state index contributed by atoms with van der Waals surface area (Å²) in [5.41, 5.74) is 6.00. The van der Waals surface area contributed by atoms with Crippen molar-refractivity contribution < 1.29 is 4.79 Å². The number of hydrogen-bond acceptors (Lipinski definition) is 1. The monoisotopic (exact) mass is 442 g/mol. The third-order valence-corrected chi connectivity index (χ3v) is 6.18. The maximum absolute atomic E-state index is 13.0. The highest BCUT2D eigenvalue weighted by atomic mass is 16.2.